The van der Waals surface area contributed by atoms with Crippen molar-refractivity contribution in [1.29, 1.82) is 0 Å². The summed E-state index contributed by atoms with van der Waals surface area (Å²) in [6.45, 7) is 4.46. The SMILES string of the molecule is Cc1cnc2ccc(CC3CCNCC3)cc2c1. The standard InChI is InChI=1S/C16H20N2/c1-12-8-15-10-14(2-3-16(15)18-11-12)9-13-4-6-17-7-5-13/h2-3,8,10-11,13,17H,4-7,9H2,1H3. The number of fused-ring (bicyclic) bond motifs is 1. The lowest BCUT2D eigenvalue weighted by Gasteiger charge is -2.22. The van der Waals surface area contributed by atoms with Crippen LogP contribution in [-0.2, 0) is 6.42 Å². The first-order valence-electron chi connectivity index (χ1n) is 6.87. The molecule has 0 saturated carbocycles. The van der Waals surface area contributed by atoms with Gasteiger partial charge in [-0.2, -0.15) is 0 Å². The number of nitrogens with one attached hydrogen (secondary N) is 1. The monoisotopic (exact) mass is 240 g/mol. The second-order valence-corrected chi connectivity index (χ2v) is 5.44. The van der Waals surface area contributed by atoms with E-state index in [-0.39, 0.29) is 0 Å². The molecule has 1 saturated heterocycles. The number of hydrogen-bond acceptors (Lipinski definition) is 2. The van der Waals surface area contributed by atoms with Crippen molar-refractivity contribution < 1.29 is 0 Å². The predicted octanol–water partition coefficient (Wildman–Crippen LogP) is 3.09. The summed E-state index contributed by atoms with van der Waals surface area (Å²) in [5.74, 6) is 0.849. The Bertz CT molecular complexity index is 542. The van der Waals surface area contributed by atoms with Gasteiger partial charge in [0.1, 0.15) is 0 Å². The molecule has 0 unspecified atom stereocenters. The number of piperidine rings is 1. The van der Waals surface area contributed by atoms with E-state index in [0.717, 1.165) is 11.4 Å². The van der Waals surface area contributed by atoms with Gasteiger partial charge in [-0.1, -0.05) is 6.07 Å². The fourth-order valence-corrected chi connectivity index (χ4v) is 2.84. The molecule has 1 aromatic carbocycles. The Labute approximate surface area is 108 Å². The second kappa shape index (κ2) is 5.07. The highest BCUT2D eigenvalue weighted by atomic mass is 14.9. The average Bonchev–Trinajstić information content (AvgIpc) is 2.39. The lowest BCUT2D eigenvalue weighted by atomic mass is 9.90. The van der Waals surface area contributed by atoms with Crippen LogP contribution in [0.25, 0.3) is 10.9 Å². The van der Waals surface area contributed by atoms with Crippen LogP contribution in [0, 0.1) is 12.8 Å². The Morgan fingerprint density at radius 1 is 1.22 bits per heavy atom. The summed E-state index contributed by atoms with van der Waals surface area (Å²) in [6.07, 6.45) is 5.77. The molecule has 1 aromatic heterocycles. The number of rotatable bonds is 2. The van der Waals surface area contributed by atoms with Crippen molar-refractivity contribution in [3.8, 4) is 0 Å². The van der Waals surface area contributed by atoms with Gasteiger partial charge < -0.3 is 5.32 Å². The molecule has 2 aromatic rings. The van der Waals surface area contributed by atoms with Gasteiger partial charge in [0.2, 0.25) is 0 Å². The van der Waals surface area contributed by atoms with Crippen LogP contribution in [0.5, 0.6) is 0 Å². The Kier molecular flexibility index (Phi) is 3.28. The highest BCUT2D eigenvalue weighted by Crippen LogP contribution is 2.21. The molecule has 2 heteroatoms. The zero-order valence-corrected chi connectivity index (χ0v) is 10.9. The van der Waals surface area contributed by atoms with E-state index >= 15 is 0 Å². The lowest BCUT2D eigenvalue weighted by molar-refractivity contribution is 0.373. The Hall–Kier alpha value is -1.41. The summed E-state index contributed by atoms with van der Waals surface area (Å²) >= 11 is 0. The van der Waals surface area contributed by atoms with Gasteiger partial charge in [0, 0.05) is 11.6 Å². The van der Waals surface area contributed by atoms with E-state index in [1.54, 1.807) is 0 Å². The van der Waals surface area contributed by atoms with Crippen LogP contribution in [0.3, 0.4) is 0 Å². The summed E-state index contributed by atoms with van der Waals surface area (Å²) in [5.41, 5.74) is 3.80. The van der Waals surface area contributed by atoms with E-state index in [2.05, 4.69) is 41.5 Å². The summed E-state index contributed by atoms with van der Waals surface area (Å²) in [5, 5.41) is 4.71. The van der Waals surface area contributed by atoms with Crippen LogP contribution in [0.15, 0.2) is 30.5 Å². The minimum atomic E-state index is 0.849. The normalized spacial score (nSPS) is 17.2. The lowest BCUT2D eigenvalue weighted by Crippen LogP contribution is -2.28. The number of aromatic nitrogens is 1. The molecule has 0 atom stereocenters. The Balaban J connectivity index is 1.83. The average molecular weight is 240 g/mol. The first-order chi connectivity index (χ1) is 8.81. The molecular formula is C16H20N2. The molecule has 0 bridgehead atoms. The third kappa shape index (κ3) is 2.54. The predicted molar refractivity (Wildman–Crippen MR) is 75.8 cm³/mol. The highest BCUT2D eigenvalue weighted by Gasteiger charge is 2.13. The molecule has 2 heterocycles. The maximum Gasteiger partial charge on any atom is 0.0702 e. The van der Waals surface area contributed by atoms with Crippen LogP contribution in [0.1, 0.15) is 24.0 Å². The van der Waals surface area contributed by atoms with Gasteiger partial charge >= 0.3 is 0 Å². The van der Waals surface area contributed by atoms with Gasteiger partial charge in [-0.05, 0) is 74.5 Å². The fraction of sp³-hybridized carbons (Fsp3) is 0.438. The number of hydrogen-bond donors (Lipinski definition) is 1. The number of pyridine rings is 1. The van der Waals surface area contributed by atoms with Crippen molar-refractivity contribution in [2.45, 2.75) is 26.2 Å². The molecule has 0 aliphatic carbocycles. The van der Waals surface area contributed by atoms with E-state index in [1.165, 1.54) is 48.9 Å². The Morgan fingerprint density at radius 2 is 2.06 bits per heavy atom. The van der Waals surface area contributed by atoms with Crippen molar-refractivity contribution >= 4 is 10.9 Å². The zero-order valence-electron chi connectivity index (χ0n) is 10.9. The molecule has 94 valence electrons. The summed E-state index contributed by atoms with van der Waals surface area (Å²) in [4.78, 5) is 4.46. The topological polar surface area (TPSA) is 24.9 Å². The number of aryl methyl sites for hydroxylation is 1. The highest BCUT2D eigenvalue weighted by molar-refractivity contribution is 5.79. The Morgan fingerprint density at radius 3 is 2.89 bits per heavy atom. The van der Waals surface area contributed by atoms with Gasteiger partial charge in [-0.15, -0.1) is 0 Å². The third-order valence-electron chi connectivity index (χ3n) is 3.87. The largest absolute Gasteiger partial charge is 0.317 e. The van der Waals surface area contributed by atoms with Crippen LogP contribution in [0.4, 0.5) is 0 Å². The molecule has 1 aliphatic rings. The van der Waals surface area contributed by atoms with Crippen molar-refractivity contribution in [2.24, 2.45) is 5.92 Å². The maximum absolute atomic E-state index is 4.46. The summed E-state index contributed by atoms with van der Waals surface area (Å²) < 4.78 is 0. The molecule has 1 aliphatic heterocycles. The third-order valence-corrected chi connectivity index (χ3v) is 3.87. The van der Waals surface area contributed by atoms with Crippen molar-refractivity contribution in [3.63, 3.8) is 0 Å². The van der Waals surface area contributed by atoms with Crippen molar-refractivity contribution in [1.82, 2.24) is 10.3 Å². The van der Waals surface area contributed by atoms with E-state index in [1.807, 2.05) is 6.20 Å². The van der Waals surface area contributed by atoms with Gasteiger partial charge in [0.25, 0.3) is 0 Å². The maximum atomic E-state index is 4.46. The van der Waals surface area contributed by atoms with E-state index < -0.39 is 0 Å². The first kappa shape index (κ1) is 11.7. The van der Waals surface area contributed by atoms with Crippen molar-refractivity contribution in [2.75, 3.05) is 13.1 Å². The summed E-state index contributed by atoms with van der Waals surface area (Å²) in [6, 6.07) is 8.95. The molecule has 0 spiro atoms. The smallest absolute Gasteiger partial charge is 0.0702 e. The molecular weight excluding hydrogens is 220 g/mol. The zero-order chi connectivity index (χ0) is 12.4. The molecule has 1 N–H and O–H groups in total. The minimum Gasteiger partial charge on any atom is -0.317 e. The molecule has 1 fully saturated rings. The molecule has 0 amide bonds. The van der Waals surface area contributed by atoms with E-state index in [9.17, 15) is 0 Å². The molecule has 2 nitrogen and oxygen atoms in total. The van der Waals surface area contributed by atoms with Crippen LogP contribution < -0.4 is 5.32 Å². The number of benzene rings is 1. The van der Waals surface area contributed by atoms with Crippen molar-refractivity contribution in [3.05, 3.63) is 41.6 Å². The van der Waals surface area contributed by atoms with Crippen LogP contribution in [0.2, 0.25) is 0 Å². The molecule has 3 rings (SSSR count). The van der Waals surface area contributed by atoms with Gasteiger partial charge in [0.15, 0.2) is 0 Å². The van der Waals surface area contributed by atoms with E-state index in [0.29, 0.717) is 0 Å². The fourth-order valence-electron chi connectivity index (χ4n) is 2.84. The molecule has 0 radical (unpaired) electrons. The first-order valence-corrected chi connectivity index (χ1v) is 6.87. The van der Waals surface area contributed by atoms with Gasteiger partial charge in [0.05, 0.1) is 5.52 Å². The van der Waals surface area contributed by atoms with Crippen LogP contribution in [-0.4, -0.2) is 18.1 Å². The quantitative estimate of drug-likeness (QED) is 0.872. The molecule has 18 heavy (non-hydrogen) atoms. The number of nitrogens with zero attached hydrogens (tertiary/aromatic N) is 1. The van der Waals surface area contributed by atoms with E-state index in [4.69, 9.17) is 0 Å². The summed E-state index contributed by atoms with van der Waals surface area (Å²) in [7, 11) is 0. The minimum absolute atomic E-state index is 0.849. The van der Waals surface area contributed by atoms with Gasteiger partial charge in [-0.3, -0.25) is 4.98 Å². The van der Waals surface area contributed by atoms with Crippen LogP contribution >= 0.6 is 0 Å². The second-order valence-electron chi connectivity index (χ2n) is 5.44. The van der Waals surface area contributed by atoms with Gasteiger partial charge in [-0.25, -0.2) is 0 Å².